The molecule has 0 aliphatic carbocycles. The molecule has 8 heteroatoms. The van der Waals surface area contributed by atoms with Crippen molar-refractivity contribution in [3.05, 3.63) is 28.6 Å². The molecule has 0 aromatic rings. The van der Waals surface area contributed by atoms with Crippen molar-refractivity contribution in [2.24, 2.45) is 0 Å². The quantitative estimate of drug-likeness (QED) is 0.316. The van der Waals surface area contributed by atoms with Crippen LogP contribution in [0.3, 0.4) is 0 Å². The van der Waals surface area contributed by atoms with Gasteiger partial charge in [-0.3, -0.25) is 4.79 Å². The van der Waals surface area contributed by atoms with E-state index in [9.17, 15) is 15.3 Å². The van der Waals surface area contributed by atoms with Gasteiger partial charge in [-0.05, 0) is 17.2 Å². The van der Waals surface area contributed by atoms with E-state index in [0.717, 1.165) is 0 Å². The van der Waals surface area contributed by atoms with Crippen LogP contribution in [-0.4, -0.2) is 33.6 Å². The first-order valence-electron chi connectivity index (χ1n) is 7.00. The summed E-state index contributed by atoms with van der Waals surface area (Å²) in [5.41, 5.74) is -0.0306. The SMILES string of the molecule is COC(=O)C/C=C\O[Si](/C([N+]#N)=C(/O)OC)(C(C)C)C(C)C. The summed E-state index contributed by atoms with van der Waals surface area (Å²) in [7, 11) is -0.306. The van der Waals surface area contributed by atoms with E-state index in [-0.39, 0.29) is 28.8 Å². The van der Waals surface area contributed by atoms with Gasteiger partial charge >= 0.3 is 25.6 Å². The number of rotatable bonds is 8. The van der Waals surface area contributed by atoms with E-state index in [2.05, 4.69) is 9.71 Å². The normalized spacial score (nSPS) is 13.0. The third-order valence-electron chi connectivity index (χ3n) is 3.45. The molecule has 0 aromatic heterocycles. The summed E-state index contributed by atoms with van der Waals surface area (Å²) in [6.07, 6.45) is 3.00. The highest BCUT2D eigenvalue weighted by molar-refractivity contribution is 6.83. The summed E-state index contributed by atoms with van der Waals surface area (Å²) in [4.78, 5) is 14.3. The molecule has 0 saturated heterocycles. The van der Waals surface area contributed by atoms with Crippen LogP contribution in [0.15, 0.2) is 23.6 Å². The van der Waals surface area contributed by atoms with E-state index in [4.69, 9.17) is 9.16 Å². The number of carbonyl (C=O) groups excluding carboxylic acids is 1. The first kappa shape index (κ1) is 20.0. The maximum atomic E-state index is 11.1. The van der Waals surface area contributed by atoms with Crippen molar-refractivity contribution >= 4 is 14.3 Å². The van der Waals surface area contributed by atoms with Gasteiger partial charge in [-0.1, -0.05) is 27.7 Å². The molecule has 0 spiro atoms. The van der Waals surface area contributed by atoms with Crippen molar-refractivity contribution in [1.82, 2.24) is 0 Å². The van der Waals surface area contributed by atoms with Gasteiger partial charge in [0.25, 0.3) is 0 Å². The number of aliphatic hydroxyl groups excluding tert-OH is 1. The highest BCUT2D eigenvalue weighted by atomic mass is 28.4. The second kappa shape index (κ2) is 9.10. The highest BCUT2D eigenvalue weighted by Gasteiger charge is 2.60. The van der Waals surface area contributed by atoms with Crippen molar-refractivity contribution in [1.29, 1.82) is 5.39 Å². The lowest BCUT2D eigenvalue weighted by atomic mass is 10.4. The number of hydrogen-bond donors (Lipinski definition) is 1. The molecule has 0 radical (unpaired) electrons. The lowest BCUT2D eigenvalue weighted by Crippen LogP contribution is -2.46. The van der Waals surface area contributed by atoms with E-state index in [1.807, 2.05) is 27.7 Å². The fourth-order valence-corrected chi connectivity index (χ4v) is 6.31. The average molecular weight is 329 g/mol. The van der Waals surface area contributed by atoms with Gasteiger partial charge in [0.15, 0.2) is 4.98 Å². The Balaban J connectivity index is 5.65. The minimum atomic E-state index is -2.90. The van der Waals surface area contributed by atoms with Crippen molar-refractivity contribution in [2.75, 3.05) is 14.2 Å². The van der Waals surface area contributed by atoms with Gasteiger partial charge in [0.2, 0.25) is 5.39 Å². The highest BCUT2D eigenvalue weighted by Crippen LogP contribution is 2.41. The van der Waals surface area contributed by atoms with Crippen LogP contribution in [0.1, 0.15) is 34.1 Å². The zero-order chi connectivity index (χ0) is 17.3. The van der Waals surface area contributed by atoms with Crippen LogP contribution in [0.4, 0.5) is 0 Å². The number of aliphatic hydroxyl groups is 1. The Bertz CT molecular complexity index is 472. The Morgan fingerprint density at radius 3 is 2.14 bits per heavy atom. The van der Waals surface area contributed by atoms with Gasteiger partial charge in [0, 0.05) is 0 Å². The molecule has 0 rings (SSSR count). The second-order valence-electron chi connectivity index (χ2n) is 5.33. The number of ether oxygens (including phenoxy) is 2. The Hall–Kier alpha value is -2.01. The minimum absolute atomic E-state index is 0.0153. The molecule has 0 aliphatic rings. The summed E-state index contributed by atoms with van der Waals surface area (Å²) >= 11 is 0. The molecule has 0 bridgehead atoms. The van der Waals surface area contributed by atoms with Crippen LogP contribution in [-0.2, 0) is 18.7 Å². The summed E-state index contributed by atoms with van der Waals surface area (Å²) < 4.78 is 15.3. The van der Waals surface area contributed by atoms with Gasteiger partial charge in [0.1, 0.15) is 0 Å². The molecule has 0 amide bonds. The molecular formula is C14H25N2O5Si+. The van der Waals surface area contributed by atoms with Crippen LogP contribution in [0.25, 0.3) is 4.98 Å². The molecule has 1 N–H and O–H groups in total. The van der Waals surface area contributed by atoms with Gasteiger partial charge in [-0.25, -0.2) is 0 Å². The van der Waals surface area contributed by atoms with Crippen molar-refractivity contribution < 1.29 is 23.8 Å². The number of esters is 1. The van der Waals surface area contributed by atoms with E-state index in [1.54, 1.807) is 0 Å². The number of hydrogen-bond acceptors (Lipinski definition) is 6. The van der Waals surface area contributed by atoms with Crippen LogP contribution in [0, 0.1) is 5.39 Å². The summed E-state index contributed by atoms with van der Waals surface area (Å²) in [5.74, 6) is -0.846. The molecular weight excluding hydrogens is 304 g/mol. The first-order valence-corrected chi connectivity index (χ1v) is 9.06. The van der Waals surface area contributed by atoms with E-state index in [1.165, 1.54) is 26.6 Å². The third-order valence-corrected chi connectivity index (χ3v) is 8.46. The molecule has 0 atom stereocenters. The van der Waals surface area contributed by atoms with Crippen molar-refractivity contribution in [2.45, 2.75) is 45.2 Å². The van der Waals surface area contributed by atoms with E-state index < -0.39 is 14.3 Å². The molecule has 0 heterocycles. The Morgan fingerprint density at radius 1 is 1.23 bits per heavy atom. The lowest BCUT2D eigenvalue weighted by Gasteiger charge is -2.30. The molecule has 0 aromatic carbocycles. The van der Waals surface area contributed by atoms with Gasteiger partial charge in [0.05, 0.1) is 26.9 Å². The van der Waals surface area contributed by atoms with Gasteiger partial charge in [-0.2, -0.15) is 0 Å². The van der Waals surface area contributed by atoms with Crippen LogP contribution in [0.5, 0.6) is 0 Å². The molecule has 0 fully saturated rings. The number of nitrogens with zero attached hydrogens (tertiary/aromatic N) is 2. The van der Waals surface area contributed by atoms with Crippen LogP contribution < -0.4 is 0 Å². The third kappa shape index (κ3) is 4.49. The monoisotopic (exact) mass is 329 g/mol. The number of carbonyl (C=O) groups is 1. The van der Waals surface area contributed by atoms with Crippen molar-refractivity contribution in [3.63, 3.8) is 0 Å². The summed E-state index contributed by atoms with van der Waals surface area (Å²) in [6.45, 7) is 7.70. The molecule has 0 saturated carbocycles. The zero-order valence-corrected chi connectivity index (χ0v) is 15.0. The topological polar surface area (TPSA) is 93.1 Å². The average Bonchev–Trinajstić information content (AvgIpc) is 2.48. The number of methoxy groups -OCH3 is 2. The fraction of sp³-hybridized carbons (Fsp3) is 0.643. The molecule has 22 heavy (non-hydrogen) atoms. The smallest absolute Gasteiger partial charge is 0.449 e. The van der Waals surface area contributed by atoms with Gasteiger partial charge < -0.3 is 19.0 Å². The van der Waals surface area contributed by atoms with Crippen molar-refractivity contribution in [3.8, 4) is 0 Å². The molecule has 124 valence electrons. The Kier molecular flexibility index (Phi) is 8.26. The van der Waals surface area contributed by atoms with Crippen LogP contribution >= 0.6 is 0 Å². The van der Waals surface area contributed by atoms with Gasteiger partial charge in [-0.15, -0.1) is 0 Å². The summed E-state index contributed by atoms with van der Waals surface area (Å²) in [5, 5.41) is 19.3. The summed E-state index contributed by atoms with van der Waals surface area (Å²) in [6, 6.07) is 0. The minimum Gasteiger partial charge on any atom is -0.537 e. The van der Waals surface area contributed by atoms with Crippen LogP contribution in [0.2, 0.25) is 11.1 Å². The Morgan fingerprint density at radius 2 is 1.77 bits per heavy atom. The maximum absolute atomic E-state index is 11.1. The molecule has 0 unspecified atom stereocenters. The lowest BCUT2D eigenvalue weighted by molar-refractivity contribution is -0.139. The second-order valence-corrected chi connectivity index (χ2v) is 9.94. The van der Waals surface area contributed by atoms with E-state index in [0.29, 0.717) is 0 Å². The first-order chi connectivity index (χ1) is 10.3. The van der Waals surface area contributed by atoms with E-state index >= 15 is 0 Å². The zero-order valence-electron chi connectivity index (χ0n) is 14.0. The molecule has 0 aliphatic heterocycles. The number of diazo groups is 1. The predicted molar refractivity (Wildman–Crippen MR) is 84.6 cm³/mol. The largest absolute Gasteiger partial charge is 0.537 e. The predicted octanol–water partition coefficient (Wildman–Crippen LogP) is 3.61. The standard InChI is InChI=1S/C14H24N2O5Si/c1-10(2)22(11(3)4,13(16-15)14(18)20-6)21-9-7-8-12(17)19-5/h7,9-11H,8H2,1-6H3/p+1/b9-7-,14-13-. The fourth-order valence-electron chi connectivity index (χ4n) is 2.31. The Labute approximate surface area is 132 Å². The maximum Gasteiger partial charge on any atom is 0.449 e. The molecule has 7 nitrogen and oxygen atoms in total.